The lowest BCUT2D eigenvalue weighted by Gasteiger charge is -2.09. The molecule has 2 heterocycles. The van der Waals surface area contributed by atoms with Crippen LogP contribution in [0.4, 0.5) is 15.8 Å². The SMILES string of the molecule is NC(=O)CCc1nnc(SCC(=O)Nc2ccc(F)c([N+](=O)[O-])c2)n1Cc1ccco1. The highest BCUT2D eigenvalue weighted by Gasteiger charge is 2.18. The molecular weight excluding hydrogens is 431 g/mol. The van der Waals surface area contributed by atoms with E-state index in [-0.39, 0.29) is 24.3 Å². The number of benzene rings is 1. The van der Waals surface area contributed by atoms with Gasteiger partial charge in [-0.1, -0.05) is 11.8 Å². The van der Waals surface area contributed by atoms with E-state index >= 15 is 0 Å². The zero-order valence-electron chi connectivity index (χ0n) is 16.0. The Labute approximate surface area is 179 Å². The van der Waals surface area contributed by atoms with Crippen LogP contribution in [0, 0.1) is 15.9 Å². The maximum absolute atomic E-state index is 13.4. The molecule has 0 aliphatic carbocycles. The maximum Gasteiger partial charge on any atom is 0.306 e. The Balaban J connectivity index is 1.69. The topological polar surface area (TPSA) is 159 Å². The first-order chi connectivity index (χ1) is 14.8. The zero-order chi connectivity index (χ0) is 22.4. The van der Waals surface area contributed by atoms with Crippen LogP contribution < -0.4 is 11.1 Å². The molecule has 13 heteroatoms. The number of nitro groups is 1. The molecule has 2 amide bonds. The molecule has 0 atom stereocenters. The van der Waals surface area contributed by atoms with Crippen molar-refractivity contribution >= 4 is 35.0 Å². The molecule has 0 unspecified atom stereocenters. The average Bonchev–Trinajstić information content (AvgIpc) is 3.36. The van der Waals surface area contributed by atoms with Crippen molar-refractivity contribution in [3.63, 3.8) is 0 Å². The van der Waals surface area contributed by atoms with Crippen LogP contribution in [0.5, 0.6) is 0 Å². The number of nitrogens with zero attached hydrogens (tertiary/aromatic N) is 4. The predicted octanol–water partition coefficient (Wildman–Crippen LogP) is 2.12. The number of nitrogens with one attached hydrogen (secondary N) is 1. The molecule has 3 aromatic rings. The molecule has 0 spiro atoms. The summed E-state index contributed by atoms with van der Waals surface area (Å²) in [6.45, 7) is 0.294. The molecule has 0 bridgehead atoms. The molecular formula is C18H17FN6O5S. The maximum atomic E-state index is 13.4. The minimum atomic E-state index is -0.994. The Morgan fingerprint density at radius 2 is 2.13 bits per heavy atom. The first kappa shape index (κ1) is 22.0. The van der Waals surface area contributed by atoms with Gasteiger partial charge in [-0.2, -0.15) is 4.39 Å². The Bertz CT molecular complexity index is 1100. The molecule has 0 saturated carbocycles. The highest BCUT2D eigenvalue weighted by atomic mass is 32.2. The van der Waals surface area contributed by atoms with Crippen molar-refractivity contribution in [2.75, 3.05) is 11.1 Å². The van der Waals surface area contributed by atoms with Gasteiger partial charge >= 0.3 is 5.69 Å². The van der Waals surface area contributed by atoms with Crippen molar-refractivity contribution in [3.05, 3.63) is 64.1 Å². The van der Waals surface area contributed by atoms with Crippen LogP contribution in [0.1, 0.15) is 18.0 Å². The number of carbonyl (C=O) groups excluding carboxylic acids is 2. The molecule has 3 rings (SSSR count). The predicted molar refractivity (Wildman–Crippen MR) is 108 cm³/mol. The lowest BCUT2D eigenvalue weighted by molar-refractivity contribution is -0.387. The molecule has 3 N–H and O–H groups in total. The molecule has 0 aliphatic rings. The number of carbonyl (C=O) groups is 2. The number of aryl methyl sites for hydroxylation is 1. The van der Waals surface area contributed by atoms with Crippen LogP contribution in [0.2, 0.25) is 0 Å². The molecule has 1 aromatic carbocycles. The quantitative estimate of drug-likeness (QED) is 0.271. The number of hydrogen-bond donors (Lipinski definition) is 2. The second kappa shape index (κ2) is 9.84. The van der Waals surface area contributed by atoms with E-state index in [0.717, 1.165) is 23.9 Å². The van der Waals surface area contributed by atoms with E-state index in [2.05, 4.69) is 15.5 Å². The van der Waals surface area contributed by atoms with E-state index in [4.69, 9.17) is 10.2 Å². The summed E-state index contributed by atoms with van der Waals surface area (Å²) in [4.78, 5) is 33.3. The van der Waals surface area contributed by atoms with E-state index in [0.29, 0.717) is 23.3 Å². The Hall–Kier alpha value is -3.74. The smallest absolute Gasteiger partial charge is 0.306 e. The Morgan fingerprint density at radius 1 is 1.32 bits per heavy atom. The number of hydrogen-bond acceptors (Lipinski definition) is 8. The molecule has 0 aliphatic heterocycles. The first-order valence-corrected chi connectivity index (χ1v) is 9.91. The van der Waals surface area contributed by atoms with Gasteiger partial charge in [0.05, 0.1) is 23.5 Å². The third-order valence-corrected chi connectivity index (χ3v) is 5.01. The molecule has 11 nitrogen and oxygen atoms in total. The number of anilines is 1. The largest absolute Gasteiger partial charge is 0.467 e. The van der Waals surface area contributed by atoms with E-state index in [1.54, 1.807) is 16.7 Å². The number of nitro benzene ring substituents is 1. The van der Waals surface area contributed by atoms with E-state index in [1.165, 1.54) is 12.3 Å². The van der Waals surface area contributed by atoms with E-state index in [1.807, 2.05) is 0 Å². The molecule has 0 saturated heterocycles. The van der Waals surface area contributed by atoms with E-state index < -0.39 is 28.2 Å². The average molecular weight is 448 g/mol. The second-order valence-corrected chi connectivity index (χ2v) is 7.23. The van der Waals surface area contributed by atoms with Gasteiger partial charge in [0.25, 0.3) is 0 Å². The Kier molecular flexibility index (Phi) is 6.97. The highest BCUT2D eigenvalue weighted by Crippen LogP contribution is 2.23. The lowest BCUT2D eigenvalue weighted by Crippen LogP contribution is -2.16. The van der Waals surface area contributed by atoms with Crippen molar-refractivity contribution in [2.24, 2.45) is 5.73 Å². The van der Waals surface area contributed by atoms with Crippen LogP contribution in [-0.2, 0) is 22.6 Å². The lowest BCUT2D eigenvalue weighted by atomic mass is 10.2. The third-order valence-electron chi connectivity index (χ3n) is 4.04. The summed E-state index contributed by atoms with van der Waals surface area (Å²) >= 11 is 1.08. The third kappa shape index (κ3) is 5.88. The fourth-order valence-electron chi connectivity index (χ4n) is 2.62. The highest BCUT2D eigenvalue weighted by molar-refractivity contribution is 7.99. The van der Waals surface area contributed by atoms with Gasteiger partial charge in [0.2, 0.25) is 17.6 Å². The molecule has 162 valence electrons. The van der Waals surface area contributed by atoms with Crippen molar-refractivity contribution < 1.29 is 23.3 Å². The van der Waals surface area contributed by atoms with Crippen molar-refractivity contribution in [3.8, 4) is 0 Å². The number of primary amides is 1. The van der Waals surface area contributed by atoms with Gasteiger partial charge in [-0.05, 0) is 24.3 Å². The van der Waals surface area contributed by atoms with Gasteiger partial charge in [0.1, 0.15) is 11.6 Å². The number of aromatic nitrogens is 3. The summed E-state index contributed by atoms with van der Waals surface area (Å²) in [5, 5.41) is 21.9. The summed E-state index contributed by atoms with van der Waals surface area (Å²) in [7, 11) is 0. The van der Waals surface area contributed by atoms with Crippen molar-refractivity contribution in [2.45, 2.75) is 24.5 Å². The zero-order valence-corrected chi connectivity index (χ0v) is 16.8. The number of halogens is 1. The minimum Gasteiger partial charge on any atom is -0.467 e. The van der Waals surface area contributed by atoms with Crippen LogP contribution in [-0.4, -0.2) is 37.3 Å². The first-order valence-electron chi connectivity index (χ1n) is 8.93. The van der Waals surface area contributed by atoms with Gasteiger partial charge in [0, 0.05) is 24.6 Å². The standard InChI is InChI=1S/C18H17FN6O5S/c19-13-4-3-11(8-14(13)25(28)29)21-17(27)10-31-18-23-22-16(6-5-15(20)26)24(18)9-12-2-1-7-30-12/h1-4,7-8H,5-6,9-10H2,(H2,20,26)(H,21,27). The summed E-state index contributed by atoms with van der Waals surface area (Å²) < 4.78 is 20.5. The molecule has 31 heavy (non-hydrogen) atoms. The van der Waals surface area contributed by atoms with Gasteiger partial charge in [-0.15, -0.1) is 10.2 Å². The number of thioether (sulfide) groups is 1. The number of nitrogens with two attached hydrogens (primary N) is 1. The van der Waals surface area contributed by atoms with Gasteiger partial charge in [-0.25, -0.2) is 0 Å². The molecule has 0 radical (unpaired) electrons. The minimum absolute atomic E-state index is 0.0860. The summed E-state index contributed by atoms with van der Waals surface area (Å²) in [5.41, 5.74) is 4.57. The fraction of sp³-hybridized carbons (Fsp3) is 0.222. The number of amides is 2. The van der Waals surface area contributed by atoms with Gasteiger partial charge in [0.15, 0.2) is 5.16 Å². The monoisotopic (exact) mass is 448 g/mol. The number of furan rings is 1. The molecule has 0 fully saturated rings. The summed E-state index contributed by atoms with van der Waals surface area (Å²) in [6.07, 6.45) is 1.88. The number of rotatable bonds is 10. The fourth-order valence-corrected chi connectivity index (χ4v) is 3.38. The van der Waals surface area contributed by atoms with Crippen molar-refractivity contribution in [1.29, 1.82) is 0 Å². The van der Waals surface area contributed by atoms with Crippen LogP contribution >= 0.6 is 11.8 Å². The van der Waals surface area contributed by atoms with Crippen LogP contribution in [0.25, 0.3) is 0 Å². The Morgan fingerprint density at radius 3 is 2.81 bits per heavy atom. The molecule has 2 aromatic heterocycles. The summed E-state index contributed by atoms with van der Waals surface area (Å²) in [5.74, 6) is -0.895. The van der Waals surface area contributed by atoms with E-state index in [9.17, 15) is 24.1 Å². The normalized spacial score (nSPS) is 10.7. The van der Waals surface area contributed by atoms with Gasteiger partial charge < -0.3 is 15.5 Å². The van der Waals surface area contributed by atoms with Crippen molar-refractivity contribution in [1.82, 2.24) is 14.8 Å². The second-order valence-electron chi connectivity index (χ2n) is 6.29. The van der Waals surface area contributed by atoms with Gasteiger partial charge in [-0.3, -0.25) is 24.3 Å². The summed E-state index contributed by atoms with van der Waals surface area (Å²) in [6, 6.07) is 6.57. The van der Waals surface area contributed by atoms with Crippen LogP contribution in [0.15, 0.2) is 46.2 Å². The van der Waals surface area contributed by atoms with Crippen LogP contribution in [0.3, 0.4) is 0 Å².